The zero-order valence-electron chi connectivity index (χ0n) is 13.8. The maximum atomic E-state index is 11.8. The molecule has 0 aliphatic carbocycles. The zero-order chi connectivity index (χ0) is 19.1. The molecule has 2 N–H and O–H groups in total. The standard InChI is InChI=1S/C18H16Cl2N2O4/c1-11(23)21-13-3-5-14(6-4-13)22-17(24)10-26-18(25)9-12-2-7-15(19)16(20)8-12/h2-8H,9-10H2,1H3,(H,21,23)(H,22,24). The van der Waals surface area contributed by atoms with Gasteiger partial charge in [-0.2, -0.15) is 0 Å². The van der Waals surface area contributed by atoms with Gasteiger partial charge in [0.15, 0.2) is 6.61 Å². The average molecular weight is 395 g/mol. The maximum Gasteiger partial charge on any atom is 0.310 e. The molecule has 0 aliphatic rings. The number of carbonyl (C=O) groups is 3. The fourth-order valence-corrected chi connectivity index (χ4v) is 2.37. The second-order valence-corrected chi connectivity index (χ2v) is 6.21. The smallest absolute Gasteiger partial charge is 0.310 e. The summed E-state index contributed by atoms with van der Waals surface area (Å²) in [5.41, 5.74) is 1.77. The summed E-state index contributed by atoms with van der Waals surface area (Å²) in [6, 6.07) is 11.4. The third-order valence-electron chi connectivity index (χ3n) is 3.19. The summed E-state index contributed by atoms with van der Waals surface area (Å²) in [5, 5.41) is 5.95. The first-order chi connectivity index (χ1) is 12.3. The normalized spacial score (nSPS) is 10.1. The van der Waals surface area contributed by atoms with E-state index in [0.29, 0.717) is 27.0 Å². The van der Waals surface area contributed by atoms with Crippen LogP contribution in [0.4, 0.5) is 11.4 Å². The van der Waals surface area contributed by atoms with Crippen LogP contribution in [0.15, 0.2) is 42.5 Å². The number of benzene rings is 2. The Morgan fingerprint density at radius 1 is 0.923 bits per heavy atom. The van der Waals surface area contributed by atoms with E-state index < -0.39 is 18.5 Å². The van der Waals surface area contributed by atoms with Crippen molar-refractivity contribution in [2.45, 2.75) is 13.3 Å². The van der Waals surface area contributed by atoms with Crippen LogP contribution >= 0.6 is 23.2 Å². The summed E-state index contributed by atoms with van der Waals surface area (Å²) in [4.78, 5) is 34.6. The number of esters is 1. The molecule has 26 heavy (non-hydrogen) atoms. The van der Waals surface area contributed by atoms with E-state index in [9.17, 15) is 14.4 Å². The minimum Gasteiger partial charge on any atom is -0.455 e. The average Bonchev–Trinajstić information content (AvgIpc) is 2.58. The monoisotopic (exact) mass is 394 g/mol. The van der Waals surface area contributed by atoms with E-state index >= 15 is 0 Å². The van der Waals surface area contributed by atoms with E-state index in [-0.39, 0.29) is 12.3 Å². The van der Waals surface area contributed by atoms with Crippen molar-refractivity contribution in [3.8, 4) is 0 Å². The summed E-state index contributed by atoms with van der Waals surface area (Å²) < 4.78 is 4.94. The highest BCUT2D eigenvalue weighted by atomic mass is 35.5. The van der Waals surface area contributed by atoms with E-state index in [1.807, 2.05) is 0 Å². The molecule has 2 amide bonds. The topological polar surface area (TPSA) is 84.5 Å². The molecular formula is C18H16Cl2N2O4. The van der Waals surface area contributed by atoms with Crippen LogP contribution in [0.3, 0.4) is 0 Å². The molecule has 0 heterocycles. The Kier molecular flexibility index (Phi) is 7.00. The molecular weight excluding hydrogens is 379 g/mol. The molecule has 0 aliphatic heterocycles. The molecule has 2 rings (SSSR count). The highest BCUT2D eigenvalue weighted by Gasteiger charge is 2.10. The van der Waals surface area contributed by atoms with Crippen LogP contribution in [0, 0.1) is 0 Å². The molecule has 0 saturated carbocycles. The largest absolute Gasteiger partial charge is 0.455 e. The van der Waals surface area contributed by atoms with E-state index in [1.54, 1.807) is 42.5 Å². The molecule has 6 nitrogen and oxygen atoms in total. The fraction of sp³-hybridized carbons (Fsp3) is 0.167. The van der Waals surface area contributed by atoms with E-state index in [2.05, 4.69) is 10.6 Å². The van der Waals surface area contributed by atoms with Crippen LogP contribution in [-0.4, -0.2) is 24.4 Å². The Balaban J connectivity index is 1.79. The van der Waals surface area contributed by atoms with Crippen LogP contribution in [0.2, 0.25) is 10.0 Å². The molecule has 0 unspecified atom stereocenters. The van der Waals surface area contributed by atoms with Crippen LogP contribution in [0.5, 0.6) is 0 Å². The molecule has 0 atom stereocenters. The van der Waals surface area contributed by atoms with Gasteiger partial charge in [-0.05, 0) is 42.0 Å². The van der Waals surface area contributed by atoms with Crippen LogP contribution < -0.4 is 10.6 Å². The lowest BCUT2D eigenvalue weighted by Gasteiger charge is -2.08. The first-order valence-electron chi connectivity index (χ1n) is 7.60. The Hall–Kier alpha value is -2.57. The van der Waals surface area contributed by atoms with Crippen molar-refractivity contribution in [2.75, 3.05) is 17.2 Å². The number of amides is 2. The van der Waals surface area contributed by atoms with Gasteiger partial charge in [0.05, 0.1) is 16.5 Å². The van der Waals surface area contributed by atoms with E-state index in [0.717, 1.165) is 0 Å². The molecule has 2 aromatic carbocycles. The molecule has 0 bridgehead atoms. The third-order valence-corrected chi connectivity index (χ3v) is 3.92. The summed E-state index contributed by atoms with van der Waals surface area (Å²) in [6.07, 6.45) is -0.0183. The summed E-state index contributed by atoms with van der Waals surface area (Å²) >= 11 is 11.7. The summed E-state index contributed by atoms with van der Waals surface area (Å²) in [6.45, 7) is 0.996. The van der Waals surface area contributed by atoms with E-state index in [4.69, 9.17) is 27.9 Å². The van der Waals surface area contributed by atoms with Crippen molar-refractivity contribution in [3.05, 3.63) is 58.1 Å². The molecule has 136 valence electrons. The number of nitrogens with one attached hydrogen (secondary N) is 2. The van der Waals surface area contributed by atoms with Crippen molar-refractivity contribution in [1.82, 2.24) is 0 Å². The van der Waals surface area contributed by atoms with E-state index in [1.165, 1.54) is 6.92 Å². The van der Waals surface area contributed by atoms with Crippen LogP contribution in [0.25, 0.3) is 0 Å². The number of carbonyl (C=O) groups excluding carboxylic acids is 3. The van der Waals surface area contributed by atoms with Crippen molar-refractivity contribution in [1.29, 1.82) is 0 Å². The highest BCUT2D eigenvalue weighted by molar-refractivity contribution is 6.42. The second-order valence-electron chi connectivity index (χ2n) is 5.39. The minimum atomic E-state index is -0.556. The number of hydrogen-bond acceptors (Lipinski definition) is 4. The SMILES string of the molecule is CC(=O)Nc1ccc(NC(=O)COC(=O)Cc2ccc(Cl)c(Cl)c2)cc1. The van der Waals surface area contributed by atoms with Crippen LogP contribution in [0.1, 0.15) is 12.5 Å². The van der Waals surface area contributed by atoms with Crippen molar-refractivity contribution < 1.29 is 19.1 Å². The summed E-state index contributed by atoms with van der Waals surface area (Å²) in [5.74, 6) is -1.21. The molecule has 8 heteroatoms. The zero-order valence-corrected chi connectivity index (χ0v) is 15.4. The molecule has 0 aromatic heterocycles. The van der Waals surface area contributed by atoms with Gasteiger partial charge in [0.2, 0.25) is 5.91 Å². The van der Waals surface area contributed by atoms with Crippen molar-refractivity contribution in [3.63, 3.8) is 0 Å². The van der Waals surface area contributed by atoms with Gasteiger partial charge in [0.25, 0.3) is 5.91 Å². The second kappa shape index (κ2) is 9.22. The first kappa shape index (κ1) is 19.8. The lowest BCUT2D eigenvalue weighted by Crippen LogP contribution is -2.21. The number of hydrogen-bond donors (Lipinski definition) is 2. The van der Waals surface area contributed by atoms with Gasteiger partial charge >= 0.3 is 5.97 Å². The van der Waals surface area contributed by atoms with Crippen LogP contribution in [-0.2, 0) is 25.5 Å². The molecule has 0 fully saturated rings. The predicted molar refractivity (Wildman–Crippen MR) is 101 cm³/mol. The van der Waals surface area contributed by atoms with Crippen molar-refractivity contribution >= 4 is 52.4 Å². The van der Waals surface area contributed by atoms with Gasteiger partial charge in [-0.3, -0.25) is 14.4 Å². The highest BCUT2D eigenvalue weighted by Crippen LogP contribution is 2.22. The van der Waals surface area contributed by atoms with Gasteiger partial charge in [-0.25, -0.2) is 0 Å². The molecule has 0 spiro atoms. The number of anilines is 2. The van der Waals surface area contributed by atoms with Gasteiger partial charge < -0.3 is 15.4 Å². The third kappa shape index (κ3) is 6.38. The maximum absolute atomic E-state index is 11.8. The lowest BCUT2D eigenvalue weighted by molar-refractivity contribution is -0.146. The quantitative estimate of drug-likeness (QED) is 0.731. The Labute approximate surface area is 160 Å². The predicted octanol–water partition coefficient (Wildman–Crippen LogP) is 3.68. The molecule has 0 radical (unpaired) electrons. The Bertz CT molecular complexity index is 822. The number of ether oxygens (including phenoxy) is 1. The van der Waals surface area contributed by atoms with Gasteiger partial charge in [0, 0.05) is 18.3 Å². The van der Waals surface area contributed by atoms with Crippen molar-refractivity contribution in [2.24, 2.45) is 0 Å². The Morgan fingerprint density at radius 3 is 2.12 bits per heavy atom. The summed E-state index contributed by atoms with van der Waals surface area (Å²) in [7, 11) is 0. The molecule has 2 aromatic rings. The first-order valence-corrected chi connectivity index (χ1v) is 8.36. The molecule has 0 saturated heterocycles. The number of rotatable bonds is 6. The van der Waals surface area contributed by atoms with Gasteiger partial charge in [-0.1, -0.05) is 29.3 Å². The minimum absolute atomic E-state index is 0.0183. The number of halogens is 2. The lowest BCUT2D eigenvalue weighted by atomic mass is 10.1. The van der Waals surface area contributed by atoms with Gasteiger partial charge in [-0.15, -0.1) is 0 Å². The Morgan fingerprint density at radius 2 is 1.54 bits per heavy atom. The van der Waals surface area contributed by atoms with Gasteiger partial charge in [0.1, 0.15) is 0 Å². The fourth-order valence-electron chi connectivity index (χ4n) is 2.05.